The fourth-order valence-corrected chi connectivity index (χ4v) is 53.5. The van der Waals surface area contributed by atoms with Gasteiger partial charge in [0.1, 0.15) is 0 Å². The first-order valence-corrected chi connectivity index (χ1v) is 20.2. The van der Waals surface area contributed by atoms with Gasteiger partial charge in [0.25, 0.3) is 0 Å². The molecule has 1 unspecified atom stereocenters. The van der Waals surface area contributed by atoms with Crippen LogP contribution in [0.3, 0.4) is 0 Å². The van der Waals surface area contributed by atoms with Crippen molar-refractivity contribution in [3.63, 3.8) is 0 Å². The molecule has 0 bridgehead atoms. The standard InChI is InChI=1S/C12H30GeOSi2/c1-13(2)10-11(14-3)12(13,15(4,5)6)16(7,8)9/h11H,10H2,1-9H3. The summed E-state index contributed by atoms with van der Waals surface area (Å²) in [6.45, 7) is 15.5. The van der Waals surface area contributed by atoms with Crippen LogP contribution < -0.4 is 0 Å². The van der Waals surface area contributed by atoms with E-state index in [4.69, 9.17) is 4.74 Å². The van der Waals surface area contributed by atoms with Crippen LogP contribution in [0.2, 0.25) is 59.5 Å². The molecule has 1 rings (SSSR count). The summed E-state index contributed by atoms with van der Waals surface area (Å²) in [5.74, 6) is 5.32. The minimum absolute atomic E-state index is 0.598. The van der Waals surface area contributed by atoms with Gasteiger partial charge in [-0.3, -0.25) is 0 Å². The number of rotatable bonds is 3. The normalized spacial score (nSPS) is 28.7. The zero-order valence-electron chi connectivity index (χ0n) is 12.7. The second kappa shape index (κ2) is 3.97. The molecule has 4 heteroatoms. The van der Waals surface area contributed by atoms with E-state index in [1.807, 2.05) is 7.11 Å². The molecule has 1 fully saturated rings. The average molecular weight is 319 g/mol. The van der Waals surface area contributed by atoms with Gasteiger partial charge < -0.3 is 0 Å². The Morgan fingerprint density at radius 1 is 1.00 bits per heavy atom. The Morgan fingerprint density at radius 3 is 1.50 bits per heavy atom. The first-order chi connectivity index (χ1) is 6.92. The number of hydrogen-bond donors (Lipinski definition) is 0. The molecule has 0 aromatic carbocycles. The monoisotopic (exact) mass is 320 g/mol. The molecule has 96 valence electrons. The third kappa shape index (κ3) is 1.73. The van der Waals surface area contributed by atoms with E-state index in [1.165, 1.54) is 5.25 Å². The first-order valence-electron chi connectivity index (χ1n) is 6.44. The molecule has 0 N–H and O–H groups in total. The molecule has 0 amide bonds. The van der Waals surface area contributed by atoms with E-state index in [2.05, 4.69) is 50.8 Å². The topological polar surface area (TPSA) is 9.23 Å². The van der Waals surface area contributed by atoms with Crippen LogP contribution in [0.15, 0.2) is 0 Å². The number of ether oxygens (including phenoxy) is 1. The summed E-state index contributed by atoms with van der Waals surface area (Å²) in [5.41, 5.74) is 0. The molecule has 1 aliphatic heterocycles. The van der Waals surface area contributed by atoms with Crippen LogP contribution in [-0.4, -0.2) is 42.6 Å². The van der Waals surface area contributed by atoms with Crippen LogP contribution in [0.4, 0.5) is 0 Å². The summed E-state index contributed by atoms with van der Waals surface area (Å²) in [6.07, 6.45) is 0.598. The van der Waals surface area contributed by atoms with Crippen LogP contribution in [0.1, 0.15) is 0 Å². The quantitative estimate of drug-likeness (QED) is 0.708. The van der Waals surface area contributed by atoms with Crippen molar-refractivity contribution in [3.05, 3.63) is 0 Å². The van der Waals surface area contributed by atoms with E-state index in [1.54, 1.807) is 0 Å². The molecule has 0 spiro atoms. The molecule has 1 heterocycles. The van der Waals surface area contributed by atoms with Gasteiger partial charge in [0, 0.05) is 0 Å². The molecule has 0 saturated carbocycles. The molecule has 16 heavy (non-hydrogen) atoms. The van der Waals surface area contributed by atoms with Crippen molar-refractivity contribution in [2.45, 2.75) is 65.6 Å². The van der Waals surface area contributed by atoms with Gasteiger partial charge in [-0.1, -0.05) is 0 Å². The molecule has 0 aromatic heterocycles. The molecule has 0 radical (unpaired) electrons. The second-order valence-electron chi connectivity index (χ2n) is 8.12. The summed E-state index contributed by atoms with van der Waals surface area (Å²) in [4.78, 5) is 0. The Bertz CT molecular complexity index is 246. The van der Waals surface area contributed by atoms with Crippen LogP contribution in [-0.2, 0) is 4.74 Å². The summed E-state index contributed by atoms with van der Waals surface area (Å²) in [7, 11) is -0.376. The Morgan fingerprint density at radius 2 is 1.38 bits per heavy atom. The molecular formula is C12H30GeOSi2. The molecule has 1 saturated heterocycles. The van der Waals surface area contributed by atoms with Gasteiger partial charge in [-0.05, 0) is 0 Å². The van der Waals surface area contributed by atoms with Crippen molar-refractivity contribution in [2.24, 2.45) is 0 Å². The molecule has 1 atom stereocenters. The van der Waals surface area contributed by atoms with Crippen LogP contribution in [0.5, 0.6) is 0 Å². The van der Waals surface area contributed by atoms with Gasteiger partial charge in [-0.15, -0.1) is 0 Å². The average Bonchev–Trinajstić information content (AvgIpc) is 1.94. The molecule has 0 aromatic rings. The Balaban J connectivity index is 3.35. The molecule has 1 aliphatic rings. The van der Waals surface area contributed by atoms with Gasteiger partial charge in [0.15, 0.2) is 0 Å². The fourth-order valence-electron chi connectivity index (χ4n) is 5.46. The van der Waals surface area contributed by atoms with Gasteiger partial charge >= 0.3 is 107 Å². The van der Waals surface area contributed by atoms with E-state index in [9.17, 15) is 0 Å². The van der Waals surface area contributed by atoms with E-state index < -0.39 is 29.4 Å². The van der Waals surface area contributed by atoms with Crippen LogP contribution >= 0.6 is 0 Å². The summed E-state index contributed by atoms with van der Waals surface area (Å²) >= 11 is -1.63. The summed E-state index contributed by atoms with van der Waals surface area (Å²) < 4.78 is 6.61. The van der Waals surface area contributed by atoms with E-state index >= 15 is 0 Å². The Hall–Kier alpha value is 0.937. The van der Waals surface area contributed by atoms with Crippen molar-refractivity contribution in [3.8, 4) is 0 Å². The van der Waals surface area contributed by atoms with Crippen molar-refractivity contribution < 1.29 is 4.74 Å². The van der Waals surface area contributed by atoms with E-state index in [0.29, 0.717) is 9.60 Å². The van der Waals surface area contributed by atoms with Gasteiger partial charge in [0.05, 0.1) is 0 Å². The third-order valence-electron chi connectivity index (χ3n) is 4.90. The van der Waals surface area contributed by atoms with Crippen molar-refractivity contribution in [1.29, 1.82) is 0 Å². The minimum atomic E-state index is -1.63. The molecule has 1 nitrogen and oxygen atoms in total. The van der Waals surface area contributed by atoms with Gasteiger partial charge in [-0.25, -0.2) is 0 Å². The predicted molar refractivity (Wildman–Crippen MR) is 82.5 cm³/mol. The van der Waals surface area contributed by atoms with Crippen molar-refractivity contribution >= 4 is 29.4 Å². The Kier molecular flexibility index (Phi) is 3.72. The van der Waals surface area contributed by atoms with Crippen LogP contribution in [0, 0.1) is 0 Å². The van der Waals surface area contributed by atoms with Gasteiger partial charge in [0.2, 0.25) is 0 Å². The van der Waals surface area contributed by atoms with Crippen molar-refractivity contribution in [2.75, 3.05) is 7.11 Å². The SMILES string of the molecule is COC1[CH2][Ge]([CH3])([CH3])[C]1([Si](C)(C)C)[Si](C)(C)C. The third-order valence-corrected chi connectivity index (χ3v) is 39.3. The number of hydrogen-bond acceptors (Lipinski definition) is 1. The fraction of sp³-hybridized carbons (Fsp3) is 1.00. The van der Waals surface area contributed by atoms with E-state index in [0.717, 1.165) is 0 Å². The summed E-state index contributed by atoms with van der Waals surface area (Å²) in [5, 5.41) is 1.44. The van der Waals surface area contributed by atoms with Crippen molar-refractivity contribution in [1.82, 2.24) is 0 Å². The zero-order chi connectivity index (χ0) is 13.0. The molecular weight excluding hydrogens is 289 g/mol. The van der Waals surface area contributed by atoms with E-state index in [-0.39, 0.29) is 0 Å². The number of methoxy groups -OCH3 is 1. The summed E-state index contributed by atoms with van der Waals surface area (Å²) in [6, 6.07) is 0. The first kappa shape index (κ1) is 15.0. The Labute approximate surface area is 107 Å². The predicted octanol–water partition coefficient (Wildman–Crippen LogP) is 4.22. The maximum absolute atomic E-state index is 5.91. The van der Waals surface area contributed by atoms with Gasteiger partial charge in [-0.2, -0.15) is 0 Å². The zero-order valence-corrected chi connectivity index (χ0v) is 16.8. The molecule has 0 aliphatic carbocycles. The second-order valence-corrected chi connectivity index (χ2v) is 31.7. The maximum atomic E-state index is 5.91. The van der Waals surface area contributed by atoms with Crippen LogP contribution in [0.25, 0.3) is 0 Å².